The molecule has 1 aliphatic carbocycles. The highest BCUT2D eigenvalue weighted by Gasteiger charge is 2.22. The molecule has 0 fully saturated rings. The number of aryl methyl sites for hydroxylation is 4. The molecule has 1 unspecified atom stereocenters. The largest absolute Gasteiger partial charge is 0.348 e. The molecule has 2 aromatic carbocycles. The van der Waals surface area contributed by atoms with Crippen molar-refractivity contribution in [3.8, 4) is 0 Å². The van der Waals surface area contributed by atoms with Crippen LogP contribution in [0.2, 0.25) is 0 Å². The van der Waals surface area contributed by atoms with E-state index >= 15 is 0 Å². The maximum Gasteiger partial charge on any atom is 0.241 e. The monoisotopic (exact) mass is 414 g/mol. The summed E-state index contributed by atoms with van der Waals surface area (Å²) in [5, 5.41) is 2.96. The third kappa shape index (κ3) is 5.18. The number of hydrogen-bond acceptors (Lipinski definition) is 3. The first-order valence-corrected chi connectivity index (χ1v) is 12.0. The molecule has 0 bridgehead atoms. The number of nitrogens with one attached hydrogen (secondary N) is 1. The van der Waals surface area contributed by atoms with E-state index in [9.17, 15) is 13.2 Å². The molecule has 1 aliphatic rings. The van der Waals surface area contributed by atoms with Crippen LogP contribution in [0.5, 0.6) is 0 Å². The van der Waals surface area contributed by atoms with Gasteiger partial charge in [0.05, 0.1) is 18.0 Å². The Hall–Kier alpha value is -2.34. The normalized spacial score (nSPS) is 14.8. The number of amides is 1. The van der Waals surface area contributed by atoms with E-state index in [0.717, 1.165) is 40.1 Å². The van der Waals surface area contributed by atoms with Crippen LogP contribution >= 0.6 is 0 Å². The van der Waals surface area contributed by atoms with Crippen LogP contribution in [-0.2, 0) is 27.7 Å². The molecule has 2 aromatic rings. The van der Waals surface area contributed by atoms with E-state index in [-0.39, 0.29) is 18.5 Å². The summed E-state index contributed by atoms with van der Waals surface area (Å²) in [5.74, 6) is -0.320. The molecule has 0 saturated heterocycles. The van der Waals surface area contributed by atoms with E-state index in [1.165, 1.54) is 24.0 Å². The Morgan fingerprint density at radius 1 is 1.03 bits per heavy atom. The summed E-state index contributed by atoms with van der Waals surface area (Å²) in [6.45, 7) is 5.59. The van der Waals surface area contributed by atoms with Gasteiger partial charge in [-0.3, -0.25) is 9.10 Å². The molecule has 29 heavy (non-hydrogen) atoms. The molecule has 0 spiro atoms. The molecule has 0 aromatic heterocycles. The number of rotatable bonds is 6. The van der Waals surface area contributed by atoms with Gasteiger partial charge in [0.1, 0.15) is 6.54 Å². The van der Waals surface area contributed by atoms with Crippen molar-refractivity contribution in [3.63, 3.8) is 0 Å². The standard InChI is InChI=1S/C23H30N2O3S/c1-16-9-12-22(13-17(16)2)25(29(4,27)28)15-23(26)24-18(3)20-11-10-19-7-5-6-8-21(19)14-20/h9-14,18H,5-8,15H2,1-4H3,(H,24,26). The first-order chi connectivity index (χ1) is 13.6. The van der Waals surface area contributed by atoms with E-state index in [0.29, 0.717) is 5.69 Å². The number of nitrogens with zero attached hydrogens (tertiary/aromatic N) is 1. The molecule has 6 heteroatoms. The Morgan fingerprint density at radius 3 is 2.38 bits per heavy atom. The van der Waals surface area contributed by atoms with Crippen molar-refractivity contribution in [1.82, 2.24) is 5.32 Å². The SMILES string of the molecule is Cc1ccc(N(CC(=O)NC(C)c2ccc3c(c2)CCCC3)S(C)(=O)=O)cc1C. The lowest BCUT2D eigenvalue weighted by Crippen LogP contribution is -2.41. The molecule has 3 rings (SSSR count). The Balaban J connectivity index is 1.74. The van der Waals surface area contributed by atoms with Crippen molar-refractivity contribution in [2.24, 2.45) is 0 Å². The summed E-state index contributed by atoms with van der Waals surface area (Å²) in [7, 11) is -3.58. The van der Waals surface area contributed by atoms with Crippen LogP contribution in [0.25, 0.3) is 0 Å². The number of fused-ring (bicyclic) bond motifs is 1. The molecule has 5 nitrogen and oxygen atoms in total. The van der Waals surface area contributed by atoms with Crippen LogP contribution in [0.4, 0.5) is 5.69 Å². The Labute approximate surface area is 174 Å². The van der Waals surface area contributed by atoms with Gasteiger partial charge in [-0.15, -0.1) is 0 Å². The minimum Gasteiger partial charge on any atom is -0.348 e. The third-order valence-corrected chi connectivity index (χ3v) is 6.86. The van der Waals surface area contributed by atoms with Crippen LogP contribution in [-0.4, -0.2) is 27.1 Å². The minimum absolute atomic E-state index is 0.184. The molecule has 0 saturated carbocycles. The molecular weight excluding hydrogens is 384 g/mol. The maximum absolute atomic E-state index is 12.7. The zero-order valence-corrected chi connectivity index (χ0v) is 18.5. The van der Waals surface area contributed by atoms with Crippen molar-refractivity contribution in [2.45, 2.75) is 52.5 Å². The zero-order valence-electron chi connectivity index (χ0n) is 17.7. The van der Waals surface area contributed by atoms with Gasteiger partial charge in [0.25, 0.3) is 0 Å². The average molecular weight is 415 g/mol. The lowest BCUT2D eigenvalue weighted by Gasteiger charge is -2.24. The van der Waals surface area contributed by atoms with Gasteiger partial charge in [-0.1, -0.05) is 24.3 Å². The molecule has 1 N–H and O–H groups in total. The quantitative estimate of drug-likeness (QED) is 0.781. The van der Waals surface area contributed by atoms with Gasteiger partial charge in [-0.25, -0.2) is 8.42 Å². The smallest absolute Gasteiger partial charge is 0.241 e. The molecule has 1 amide bonds. The first kappa shape index (κ1) is 21.4. The van der Waals surface area contributed by atoms with Crippen molar-refractivity contribution in [1.29, 1.82) is 0 Å². The van der Waals surface area contributed by atoms with E-state index in [4.69, 9.17) is 0 Å². The van der Waals surface area contributed by atoms with Crippen LogP contribution in [0, 0.1) is 13.8 Å². The fourth-order valence-electron chi connectivity index (χ4n) is 3.80. The van der Waals surface area contributed by atoms with Gasteiger partial charge >= 0.3 is 0 Å². The highest BCUT2D eigenvalue weighted by molar-refractivity contribution is 7.92. The lowest BCUT2D eigenvalue weighted by molar-refractivity contribution is -0.120. The maximum atomic E-state index is 12.7. The summed E-state index contributed by atoms with van der Waals surface area (Å²) in [5.41, 5.74) is 6.38. The van der Waals surface area contributed by atoms with Crippen LogP contribution in [0.3, 0.4) is 0 Å². The van der Waals surface area contributed by atoms with Gasteiger partial charge in [0.15, 0.2) is 0 Å². The van der Waals surface area contributed by atoms with Gasteiger partial charge in [0.2, 0.25) is 15.9 Å². The van der Waals surface area contributed by atoms with Crippen molar-refractivity contribution in [2.75, 3.05) is 17.1 Å². The molecule has 0 heterocycles. The Kier molecular flexibility index (Phi) is 6.32. The van der Waals surface area contributed by atoms with Crippen molar-refractivity contribution in [3.05, 3.63) is 64.2 Å². The summed E-state index contributed by atoms with van der Waals surface area (Å²) in [6.07, 6.45) is 5.77. The second-order valence-electron chi connectivity index (χ2n) is 8.06. The van der Waals surface area contributed by atoms with Gasteiger partial charge in [0, 0.05) is 0 Å². The lowest BCUT2D eigenvalue weighted by atomic mass is 9.89. The van der Waals surface area contributed by atoms with Crippen LogP contribution in [0.15, 0.2) is 36.4 Å². The molecule has 1 atom stereocenters. The number of hydrogen-bond donors (Lipinski definition) is 1. The van der Waals surface area contributed by atoms with E-state index in [2.05, 4.69) is 23.5 Å². The Morgan fingerprint density at radius 2 is 1.72 bits per heavy atom. The molecule has 156 valence electrons. The van der Waals surface area contributed by atoms with Gasteiger partial charge in [-0.2, -0.15) is 0 Å². The average Bonchev–Trinajstić information content (AvgIpc) is 2.67. The fourth-order valence-corrected chi connectivity index (χ4v) is 4.65. The van der Waals surface area contributed by atoms with Crippen molar-refractivity contribution >= 4 is 21.6 Å². The predicted molar refractivity (Wildman–Crippen MR) is 118 cm³/mol. The second-order valence-corrected chi connectivity index (χ2v) is 9.97. The first-order valence-electron chi connectivity index (χ1n) is 10.1. The number of carbonyl (C=O) groups excluding carboxylic acids is 1. The zero-order chi connectivity index (χ0) is 21.2. The molecule has 0 radical (unpaired) electrons. The van der Waals surface area contributed by atoms with E-state index in [1.54, 1.807) is 12.1 Å². The van der Waals surface area contributed by atoms with E-state index < -0.39 is 10.0 Å². The molecule has 0 aliphatic heterocycles. The molecular formula is C23H30N2O3S. The van der Waals surface area contributed by atoms with E-state index in [1.807, 2.05) is 26.8 Å². The number of carbonyl (C=O) groups is 1. The minimum atomic E-state index is -3.58. The summed E-state index contributed by atoms with van der Waals surface area (Å²) < 4.78 is 25.8. The van der Waals surface area contributed by atoms with Crippen LogP contribution < -0.4 is 9.62 Å². The predicted octanol–water partition coefficient (Wildman–Crippen LogP) is 3.83. The third-order valence-electron chi connectivity index (χ3n) is 5.72. The van der Waals surface area contributed by atoms with Gasteiger partial charge in [-0.05, 0) is 86.4 Å². The van der Waals surface area contributed by atoms with Crippen molar-refractivity contribution < 1.29 is 13.2 Å². The van der Waals surface area contributed by atoms with Gasteiger partial charge < -0.3 is 5.32 Å². The van der Waals surface area contributed by atoms with Crippen LogP contribution in [0.1, 0.15) is 53.6 Å². The summed E-state index contributed by atoms with van der Waals surface area (Å²) >= 11 is 0. The number of benzene rings is 2. The summed E-state index contributed by atoms with van der Waals surface area (Å²) in [4.78, 5) is 12.7. The highest BCUT2D eigenvalue weighted by Crippen LogP contribution is 2.25. The number of sulfonamides is 1. The fraction of sp³-hybridized carbons (Fsp3) is 0.435. The second kappa shape index (κ2) is 8.57. The Bertz CT molecular complexity index is 1010. The highest BCUT2D eigenvalue weighted by atomic mass is 32.2. The topological polar surface area (TPSA) is 66.5 Å². The number of anilines is 1. The summed E-state index contributed by atoms with van der Waals surface area (Å²) in [6, 6.07) is 11.6.